The Hall–Kier alpha value is -1.48. The van der Waals surface area contributed by atoms with Gasteiger partial charge in [0.15, 0.2) is 0 Å². The van der Waals surface area contributed by atoms with Crippen molar-refractivity contribution in [2.45, 2.75) is 6.92 Å². The first kappa shape index (κ1) is 7.63. The van der Waals surface area contributed by atoms with Crippen molar-refractivity contribution < 1.29 is 0 Å². The summed E-state index contributed by atoms with van der Waals surface area (Å²) in [4.78, 5) is 0. The van der Waals surface area contributed by atoms with Crippen LogP contribution in [0, 0.1) is 25.3 Å². The first-order valence-corrected chi connectivity index (χ1v) is 3.39. The molecule has 0 fully saturated rings. The Morgan fingerprint density at radius 2 is 2.18 bits per heavy atom. The molecule has 0 heterocycles. The smallest absolute Gasteiger partial charge is 0.0350 e. The van der Waals surface area contributed by atoms with Crippen LogP contribution in [0.15, 0.2) is 24.8 Å². The van der Waals surface area contributed by atoms with Gasteiger partial charge < -0.3 is 0 Å². The molecule has 1 radical (unpaired) electrons. The van der Waals surface area contributed by atoms with Crippen molar-refractivity contribution in [3.05, 3.63) is 47.5 Å². The second-order valence-corrected chi connectivity index (χ2v) is 2.32. The van der Waals surface area contributed by atoms with E-state index in [1.54, 1.807) is 0 Å². The molecule has 0 amide bonds. The van der Waals surface area contributed by atoms with E-state index >= 15 is 0 Å². The molecular formula is C11H9. The Kier molecular flexibility index (Phi) is 2.13. The van der Waals surface area contributed by atoms with Gasteiger partial charge in [0.25, 0.3) is 0 Å². The molecule has 0 N–H and O–H groups in total. The zero-order valence-corrected chi connectivity index (χ0v) is 6.52. The predicted molar refractivity (Wildman–Crippen MR) is 47.1 cm³/mol. The molecule has 0 atom stereocenters. The van der Waals surface area contributed by atoms with E-state index in [4.69, 9.17) is 6.42 Å². The van der Waals surface area contributed by atoms with E-state index in [-0.39, 0.29) is 0 Å². The summed E-state index contributed by atoms with van der Waals surface area (Å²) >= 11 is 0. The molecular weight excluding hydrogens is 132 g/mol. The fourth-order valence-corrected chi connectivity index (χ4v) is 1.01. The molecule has 11 heavy (non-hydrogen) atoms. The largest absolute Gasteiger partial charge is 0.115 e. The maximum absolute atomic E-state index is 5.31. The first-order chi connectivity index (χ1) is 5.29. The normalized spacial score (nSPS) is 8.73. The van der Waals surface area contributed by atoms with Gasteiger partial charge in [-0.2, -0.15) is 0 Å². The second-order valence-electron chi connectivity index (χ2n) is 2.32. The van der Waals surface area contributed by atoms with E-state index in [2.05, 4.69) is 18.6 Å². The van der Waals surface area contributed by atoms with Gasteiger partial charge in [-0.3, -0.25) is 0 Å². The molecule has 53 valence electrons. The maximum atomic E-state index is 5.31. The van der Waals surface area contributed by atoms with Gasteiger partial charge in [0.1, 0.15) is 0 Å². The molecule has 0 aliphatic carbocycles. The second kappa shape index (κ2) is 3.07. The molecule has 0 unspecified atom stereocenters. The van der Waals surface area contributed by atoms with Crippen molar-refractivity contribution in [1.82, 2.24) is 0 Å². The van der Waals surface area contributed by atoms with Crippen molar-refractivity contribution >= 4 is 0 Å². The summed E-state index contributed by atoms with van der Waals surface area (Å²) in [6.45, 7) is 5.54. The maximum Gasteiger partial charge on any atom is 0.0350 e. The Morgan fingerprint density at radius 3 is 2.64 bits per heavy atom. The zero-order valence-electron chi connectivity index (χ0n) is 6.52. The van der Waals surface area contributed by atoms with Crippen LogP contribution in [0.3, 0.4) is 0 Å². The lowest BCUT2D eigenvalue weighted by molar-refractivity contribution is 1.40. The van der Waals surface area contributed by atoms with E-state index < -0.39 is 0 Å². The van der Waals surface area contributed by atoms with Crippen LogP contribution < -0.4 is 0 Å². The summed E-state index contributed by atoms with van der Waals surface area (Å²) in [5, 5.41) is 0. The van der Waals surface area contributed by atoms with Gasteiger partial charge in [0.2, 0.25) is 0 Å². The highest BCUT2D eigenvalue weighted by molar-refractivity contribution is 5.47. The van der Waals surface area contributed by atoms with Gasteiger partial charge in [0, 0.05) is 5.56 Å². The fraction of sp³-hybridized carbons (Fsp3) is 0.0909. The number of rotatable bonds is 1. The third kappa shape index (κ3) is 1.33. The van der Waals surface area contributed by atoms with Crippen LogP contribution in [0.4, 0.5) is 0 Å². The highest BCUT2D eigenvalue weighted by atomic mass is 14.0. The fourth-order valence-electron chi connectivity index (χ4n) is 1.01. The van der Waals surface area contributed by atoms with Gasteiger partial charge in [0.05, 0.1) is 0 Å². The summed E-state index contributed by atoms with van der Waals surface area (Å²) in [7, 11) is 0. The van der Waals surface area contributed by atoms with Crippen LogP contribution in [0.1, 0.15) is 16.7 Å². The van der Waals surface area contributed by atoms with Crippen LogP contribution in [-0.4, -0.2) is 0 Å². The lowest BCUT2D eigenvalue weighted by Crippen LogP contribution is -1.86. The number of hydrogen-bond acceptors (Lipinski definition) is 0. The topological polar surface area (TPSA) is 0 Å². The highest BCUT2D eigenvalue weighted by Gasteiger charge is 1.97. The van der Waals surface area contributed by atoms with Crippen molar-refractivity contribution in [2.75, 3.05) is 0 Å². The molecule has 0 saturated heterocycles. The third-order valence-electron chi connectivity index (χ3n) is 1.61. The zero-order chi connectivity index (χ0) is 8.27. The van der Waals surface area contributed by atoms with E-state index in [0.717, 1.165) is 16.7 Å². The molecule has 1 rings (SSSR count). The predicted octanol–water partition coefficient (Wildman–Crippen LogP) is 2.31. The minimum absolute atomic E-state index is 0.891. The molecule has 1 aromatic rings. The van der Waals surface area contributed by atoms with Crippen molar-refractivity contribution in [1.29, 1.82) is 0 Å². The number of terminal acetylenes is 1. The van der Waals surface area contributed by atoms with Crippen LogP contribution >= 0.6 is 0 Å². The van der Waals surface area contributed by atoms with Crippen LogP contribution in [-0.2, 0) is 0 Å². The van der Waals surface area contributed by atoms with Gasteiger partial charge in [-0.1, -0.05) is 30.7 Å². The summed E-state index contributed by atoms with van der Waals surface area (Å²) < 4.78 is 0. The van der Waals surface area contributed by atoms with Gasteiger partial charge in [-0.05, 0) is 24.1 Å². The van der Waals surface area contributed by atoms with Crippen molar-refractivity contribution in [3.63, 3.8) is 0 Å². The molecule has 0 aliphatic rings. The standard InChI is InChI=1S/C11H9/c1-4-10-8-6-7-9(3)11(10)5-2/h2,6-8H,1H2,3H3. The van der Waals surface area contributed by atoms with Gasteiger partial charge in [-0.25, -0.2) is 0 Å². The SMILES string of the molecule is C#Cc1c(C)cccc1[C]=C. The molecule has 0 aliphatic heterocycles. The van der Waals surface area contributed by atoms with Gasteiger partial charge in [-0.15, -0.1) is 6.42 Å². The monoisotopic (exact) mass is 141 g/mol. The van der Waals surface area contributed by atoms with Crippen LogP contribution in [0.5, 0.6) is 0 Å². The van der Waals surface area contributed by atoms with Gasteiger partial charge >= 0.3 is 0 Å². The first-order valence-electron chi connectivity index (χ1n) is 3.39. The Morgan fingerprint density at radius 1 is 1.45 bits per heavy atom. The Balaban J connectivity index is 3.38. The summed E-state index contributed by atoms with van der Waals surface area (Å²) in [5.41, 5.74) is 2.90. The molecule has 0 heteroatoms. The van der Waals surface area contributed by atoms with E-state index in [9.17, 15) is 0 Å². The van der Waals surface area contributed by atoms with Crippen LogP contribution in [0.2, 0.25) is 0 Å². The Labute approximate surface area is 67.6 Å². The summed E-state index contributed by atoms with van der Waals surface area (Å²) in [6.07, 6.45) is 8.10. The number of hydrogen-bond donors (Lipinski definition) is 0. The van der Waals surface area contributed by atoms with Crippen molar-refractivity contribution in [3.8, 4) is 12.3 Å². The third-order valence-corrected chi connectivity index (χ3v) is 1.61. The highest BCUT2D eigenvalue weighted by Crippen LogP contribution is 2.11. The molecule has 0 bridgehead atoms. The minimum atomic E-state index is 0.891. The van der Waals surface area contributed by atoms with Crippen LogP contribution in [0.25, 0.3) is 0 Å². The quantitative estimate of drug-likeness (QED) is 0.526. The summed E-state index contributed by atoms with van der Waals surface area (Å²) in [6, 6.07) is 5.84. The molecule has 1 aromatic carbocycles. The molecule has 0 aromatic heterocycles. The molecule has 0 saturated carbocycles. The average molecular weight is 141 g/mol. The summed E-state index contributed by atoms with van der Waals surface area (Å²) in [5.74, 6) is 2.61. The molecule has 0 spiro atoms. The van der Waals surface area contributed by atoms with E-state index in [0.29, 0.717) is 0 Å². The lowest BCUT2D eigenvalue weighted by Gasteiger charge is -2.00. The Bertz CT molecular complexity index is 313. The molecule has 0 nitrogen and oxygen atoms in total. The number of aryl methyl sites for hydroxylation is 1. The lowest BCUT2D eigenvalue weighted by atomic mass is 10.0. The minimum Gasteiger partial charge on any atom is -0.115 e. The number of benzene rings is 1. The van der Waals surface area contributed by atoms with Crippen molar-refractivity contribution in [2.24, 2.45) is 0 Å². The van der Waals surface area contributed by atoms with E-state index in [1.807, 2.05) is 25.1 Å². The average Bonchev–Trinajstić information content (AvgIpc) is 2.04. The van der Waals surface area contributed by atoms with E-state index in [1.165, 1.54) is 0 Å².